The summed E-state index contributed by atoms with van der Waals surface area (Å²) in [5.41, 5.74) is -0.672. The highest BCUT2D eigenvalue weighted by Crippen LogP contribution is 2.16. The molecule has 0 saturated carbocycles. The first kappa shape index (κ1) is 16.4. The summed E-state index contributed by atoms with van der Waals surface area (Å²) in [4.78, 5) is 13.6. The van der Waals surface area contributed by atoms with Crippen molar-refractivity contribution >= 4 is 5.91 Å². The summed E-state index contributed by atoms with van der Waals surface area (Å²) in [6, 6.07) is 0.164. The van der Waals surface area contributed by atoms with E-state index < -0.39 is 5.60 Å². The van der Waals surface area contributed by atoms with Crippen LogP contribution in [0.15, 0.2) is 0 Å². The van der Waals surface area contributed by atoms with Gasteiger partial charge in [0.05, 0.1) is 12.1 Å². The van der Waals surface area contributed by atoms with Crippen molar-refractivity contribution in [3.8, 4) is 0 Å². The van der Waals surface area contributed by atoms with Gasteiger partial charge in [0.25, 0.3) is 0 Å². The predicted octanol–water partition coefficient (Wildman–Crippen LogP) is 1.38. The molecule has 4 heteroatoms. The lowest BCUT2D eigenvalue weighted by molar-refractivity contribution is -0.123. The maximum Gasteiger partial charge on any atom is 0.234 e. The van der Waals surface area contributed by atoms with Crippen molar-refractivity contribution < 1.29 is 9.90 Å². The SMILES string of the molecule is CCN(CC(=O)NC(C)C)CC(O)(CC)CC. The molecule has 0 aliphatic carbocycles. The molecule has 4 nitrogen and oxygen atoms in total. The van der Waals surface area contributed by atoms with Gasteiger partial charge in [-0.1, -0.05) is 20.8 Å². The third-order valence-corrected chi connectivity index (χ3v) is 3.10. The minimum Gasteiger partial charge on any atom is -0.389 e. The first-order chi connectivity index (χ1) is 7.86. The van der Waals surface area contributed by atoms with Gasteiger partial charge in [-0.25, -0.2) is 0 Å². The number of nitrogens with one attached hydrogen (secondary N) is 1. The van der Waals surface area contributed by atoms with E-state index in [0.29, 0.717) is 25.9 Å². The maximum absolute atomic E-state index is 11.7. The van der Waals surface area contributed by atoms with E-state index in [-0.39, 0.29) is 11.9 Å². The molecule has 0 aliphatic rings. The van der Waals surface area contributed by atoms with Gasteiger partial charge < -0.3 is 10.4 Å². The molecule has 0 rings (SSSR count). The highest BCUT2D eigenvalue weighted by molar-refractivity contribution is 5.78. The number of rotatable bonds is 8. The lowest BCUT2D eigenvalue weighted by atomic mass is 9.97. The first-order valence-electron chi connectivity index (χ1n) is 6.61. The first-order valence-corrected chi connectivity index (χ1v) is 6.61. The fourth-order valence-corrected chi connectivity index (χ4v) is 1.74. The van der Waals surface area contributed by atoms with Crippen molar-refractivity contribution in [1.29, 1.82) is 0 Å². The molecule has 0 bridgehead atoms. The highest BCUT2D eigenvalue weighted by atomic mass is 16.3. The molecule has 0 aromatic rings. The van der Waals surface area contributed by atoms with Crippen LogP contribution in [0.4, 0.5) is 0 Å². The quantitative estimate of drug-likeness (QED) is 0.678. The van der Waals surface area contributed by atoms with Gasteiger partial charge >= 0.3 is 0 Å². The summed E-state index contributed by atoms with van der Waals surface area (Å²) >= 11 is 0. The zero-order valence-corrected chi connectivity index (χ0v) is 11.9. The van der Waals surface area contributed by atoms with Gasteiger partial charge in [0.1, 0.15) is 0 Å². The summed E-state index contributed by atoms with van der Waals surface area (Å²) in [5.74, 6) is 0.0245. The van der Waals surface area contributed by atoms with Crippen LogP contribution in [0.3, 0.4) is 0 Å². The summed E-state index contributed by atoms with van der Waals surface area (Å²) in [6.07, 6.45) is 1.43. The lowest BCUT2D eigenvalue weighted by Gasteiger charge is -2.32. The molecule has 0 aromatic carbocycles. The fourth-order valence-electron chi connectivity index (χ4n) is 1.74. The Kier molecular flexibility index (Phi) is 7.39. The van der Waals surface area contributed by atoms with Crippen molar-refractivity contribution in [3.63, 3.8) is 0 Å². The normalized spacial score (nSPS) is 12.2. The third-order valence-electron chi connectivity index (χ3n) is 3.10. The number of carbonyl (C=O) groups is 1. The predicted molar refractivity (Wildman–Crippen MR) is 70.9 cm³/mol. The number of hydrogen-bond acceptors (Lipinski definition) is 3. The van der Waals surface area contributed by atoms with Crippen LogP contribution < -0.4 is 5.32 Å². The van der Waals surface area contributed by atoms with Crippen LogP contribution >= 0.6 is 0 Å². The van der Waals surface area contributed by atoms with Crippen LogP contribution in [0.5, 0.6) is 0 Å². The molecule has 0 fully saturated rings. The molecule has 17 heavy (non-hydrogen) atoms. The third kappa shape index (κ3) is 6.64. The number of aliphatic hydroxyl groups is 1. The van der Waals surface area contributed by atoms with Crippen LogP contribution in [0.25, 0.3) is 0 Å². The van der Waals surface area contributed by atoms with Gasteiger partial charge in [-0.2, -0.15) is 0 Å². The fraction of sp³-hybridized carbons (Fsp3) is 0.923. The Balaban J connectivity index is 4.29. The van der Waals surface area contributed by atoms with Gasteiger partial charge in [-0.3, -0.25) is 9.69 Å². The molecule has 1 amide bonds. The molecule has 2 N–H and O–H groups in total. The summed E-state index contributed by atoms with van der Waals surface area (Å²) < 4.78 is 0. The Morgan fingerprint density at radius 3 is 2.18 bits per heavy atom. The Bertz CT molecular complexity index is 225. The summed E-state index contributed by atoms with van der Waals surface area (Å²) in [7, 11) is 0. The molecule has 0 aromatic heterocycles. The Morgan fingerprint density at radius 1 is 1.29 bits per heavy atom. The molecule has 0 radical (unpaired) electrons. The topological polar surface area (TPSA) is 52.6 Å². The van der Waals surface area contributed by atoms with Crippen molar-refractivity contribution in [2.45, 2.75) is 59.1 Å². The van der Waals surface area contributed by atoms with E-state index in [1.165, 1.54) is 0 Å². The molecule has 0 unspecified atom stereocenters. The average molecular weight is 244 g/mol. The van der Waals surface area contributed by atoms with E-state index in [1.54, 1.807) is 0 Å². The van der Waals surface area contributed by atoms with E-state index in [0.717, 1.165) is 6.54 Å². The van der Waals surface area contributed by atoms with Crippen molar-refractivity contribution in [3.05, 3.63) is 0 Å². The van der Waals surface area contributed by atoms with Crippen LogP contribution in [0.2, 0.25) is 0 Å². The van der Waals surface area contributed by atoms with E-state index in [9.17, 15) is 9.90 Å². The second kappa shape index (κ2) is 7.67. The van der Waals surface area contributed by atoms with Gasteiger partial charge in [-0.05, 0) is 33.2 Å². The lowest BCUT2D eigenvalue weighted by Crippen LogP contribution is -2.47. The van der Waals surface area contributed by atoms with E-state index in [2.05, 4.69) is 5.32 Å². The monoisotopic (exact) mass is 244 g/mol. The van der Waals surface area contributed by atoms with Crippen LogP contribution in [0.1, 0.15) is 47.5 Å². The highest BCUT2D eigenvalue weighted by Gasteiger charge is 2.25. The van der Waals surface area contributed by atoms with Gasteiger partial charge in [0.2, 0.25) is 5.91 Å². The van der Waals surface area contributed by atoms with Crippen LogP contribution in [-0.4, -0.2) is 47.2 Å². The van der Waals surface area contributed by atoms with Crippen molar-refractivity contribution in [1.82, 2.24) is 10.2 Å². The van der Waals surface area contributed by atoms with E-state index >= 15 is 0 Å². The minimum atomic E-state index is -0.672. The van der Waals surface area contributed by atoms with E-state index in [1.807, 2.05) is 39.5 Å². The number of hydrogen-bond donors (Lipinski definition) is 2. The van der Waals surface area contributed by atoms with Gasteiger partial charge in [0, 0.05) is 12.6 Å². The zero-order valence-electron chi connectivity index (χ0n) is 11.9. The standard InChI is InChI=1S/C13H28N2O2/c1-6-13(17,7-2)10-15(8-3)9-12(16)14-11(4)5/h11,17H,6-10H2,1-5H3,(H,14,16). The Morgan fingerprint density at radius 2 is 1.82 bits per heavy atom. The van der Waals surface area contributed by atoms with Crippen molar-refractivity contribution in [2.24, 2.45) is 0 Å². The molecule has 0 aliphatic heterocycles. The smallest absolute Gasteiger partial charge is 0.234 e. The summed E-state index contributed by atoms with van der Waals surface area (Å²) in [5, 5.41) is 13.1. The van der Waals surface area contributed by atoms with E-state index in [4.69, 9.17) is 0 Å². The average Bonchev–Trinajstić information content (AvgIpc) is 2.26. The number of nitrogens with zero attached hydrogens (tertiary/aromatic N) is 1. The summed E-state index contributed by atoms with van der Waals surface area (Å²) in [6.45, 7) is 11.5. The van der Waals surface area contributed by atoms with Gasteiger partial charge in [-0.15, -0.1) is 0 Å². The molecule has 102 valence electrons. The number of carbonyl (C=O) groups excluding carboxylic acids is 1. The van der Waals surface area contributed by atoms with Crippen LogP contribution in [-0.2, 0) is 4.79 Å². The van der Waals surface area contributed by atoms with Gasteiger partial charge in [0.15, 0.2) is 0 Å². The minimum absolute atomic E-state index is 0.0245. The molecular weight excluding hydrogens is 216 g/mol. The van der Waals surface area contributed by atoms with Crippen LogP contribution in [0, 0.1) is 0 Å². The number of likely N-dealkylation sites (N-methyl/N-ethyl adjacent to an activating group) is 1. The molecule has 0 saturated heterocycles. The molecule has 0 spiro atoms. The largest absolute Gasteiger partial charge is 0.389 e. The Labute approximate surface area is 105 Å². The molecular formula is C13H28N2O2. The number of amides is 1. The molecule has 0 atom stereocenters. The maximum atomic E-state index is 11.7. The second-order valence-corrected chi connectivity index (χ2v) is 4.96. The second-order valence-electron chi connectivity index (χ2n) is 4.96. The zero-order chi connectivity index (χ0) is 13.5. The Hall–Kier alpha value is -0.610. The van der Waals surface area contributed by atoms with Crippen molar-refractivity contribution in [2.75, 3.05) is 19.6 Å². The molecule has 0 heterocycles.